The van der Waals surface area contributed by atoms with Crippen LogP contribution in [0.15, 0.2) is 29.8 Å². The van der Waals surface area contributed by atoms with Crippen LogP contribution in [0.2, 0.25) is 0 Å². The number of aromatic nitrogens is 2. The lowest BCUT2D eigenvalue weighted by Crippen LogP contribution is -2.03. The second kappa shape index (κ2) is 4.00. The quantitative estimate of drug-likeness (QED) is 0.704. The van der Waals surface area contributed by atoms with E-state index in [1.807, 2.05) is 13.0 Å². The molecule has 0 fully saturated rings. The monoisotopic (exact) mass is 189 g/mol. The molecule has 0 saturated heterocycles. The average Bonchev–Trinajstić information content (AvgIpc) is 2.74. The van der Waals surface area contributed by atoms with E-state index in [0.29, 0.717) is 12.5 Å². The normalized spacial score (nSPS) is 16.4. The van der Waals surface area contributed by atoms with Crippen molar-refractivity contribution in [2.24, 2.45) is 4.99 Å². The second-order valence-corrected chi connectivity index (χ2v) is 2.86. The molecule has 0 aromatic carbocycles. The zero-order valence-corrected chi connectivity index (χ0v) is 7.97. The summed E-state index contributed by atoms with van der Waals surface area (Å²) in [7, 11) is 0. The molecule has 2 rings (SSSR count). The Balaban J connectivity index is 2.31. The zero-order chi connectivity index (χ0) is 9.80. The molecule has 4 nitrogen and oxygen atoms in total. The van der Waals surface area contributed by atoms with Gasteiger partial charge in [0.15, 0.2) is 0 Å². The van der Waals surface area contributed by atoms with Crippen molar-refractivity contribution in [1.29, 1.82) is 0 Å². The van der Waals surface area contributed by atoms with Gasteiger partial charge in [-0.2, -0.15) is 0 Å². The Kier molecular flexibility index (Phi) is 2.53. The van der Waals surface area contributed by atoms with Crippen molar-refractivity contribution in [3.8, 4) is 0 Å². The zero-order valence-electron chi connectivity index (χ0n) is 7.97. The molecule has 1 aromatic rings. The third-order valence-corrected chi connectivity index (χ3v) is 1.98. The van der Waals surface area contributed by atoms with Gasteiger partial charge in [-0.15, -0.1) is 0 Å². The average molecular weight is 189 g/mol. The van der Waals surface area contributed by atoms with Gasteiger partial charge < -0.3 is 4.74 Å². The van der Waals surface area contributed by atoms with Gasteiger partial charge in [-0.25, -0.2) is 15.0 Å². The Hall–Kier alpha value is -1.71. The summed E-state index contributed by atoms with van der Waals surface area (Å²) in [5.41, 5.74) is 1.90. The van der Waals surface area contributed by atoms with Crippen molar-refractivity contribution in [3.05, 3.63) is 30.4 Å². The van der Waals surface area contributed by atoms with Crippen molar-refractivity contribution < 1.29 is 4.74 Å². The molecule has 1 aromatic heterocycles. The van der Waals surface area contributed by atoms with E-state index in [1.54, 1.807) is 12.4 Å². The summed E-state index contributed by atoms with van der Waals surface area (Å²) in [6.45, 7) is 3.35. The molecule has 0 spiro atoms. The topological polar surface area (TPSA) is 47.4 Å². The summed E-state index contributed by atoms with van der Waals surface area (Å²) >= 11 is 0. The third-order valence-electron chi connectivity index (χ3n) is 1.98. The molecule has 0 bridgehead atoms. The van der Waals surface area contributed by atoms with Crippen LogP contribution in [-0.2, 0) is 4.74 Å². The molecular weight excluding hydrogens is 178 g/mol. The summed E-state index contributed by atoms with van der Waals surface area (Å²) in [4.78, 5) is 12.2. The predicted octanol–water partition coefficient (Wildman–Crippen LogP) is 1.31. The van der Waals surface area contributed by atoms with Crippen LogP contribution < -0.4 is 0 Å². The summed E-state index contributed by atoms with van der Waals surface area (Å²) in [5.74, 6) is 0.697. The third kappa shape index (κ3) is 1.64. The Labute approximate surface area is 82.4 Å². The maximum atomic E-state index is 5.39. The minimum Gasteiger partial charge on any atom is -0.476 e. The first-order valence-corrected chi connectivity index (χ1v) is 4.51. The molecule has 0 unspecified atom stereocenters. The van der Waals surface area contributed by atoms with E-state index < -0.39 is 0 Å². The number of nitrogens with zero attached hydrogens (tertiary/aromatic N) is 3. The lowest BCUT2D eigenvalue weighted by atomic mass is 10.1. The number of hydrogen-bond acceptors (Lipinski definition) is 4. The first-order chi connectivity index (χ1) is 6.92. The SMILES string of the molecule is C/C=C(/C1=NCCO1)c1cncnc1. The maximum Gasteiger partial charge on any atom is 0.216 e. The van der Waals surface area contributed by atoms with Gasteiger partial charge in [-0.05, 0) is 6.92 Å². The largest absolute Gasteiger partial charge is 0.476 e. The van der Waals surface area contributed by atoms with E-state index in [4.69, 9.17) is 4.74 Å². The molecule has 1 aliphatic rings. The molecule has 72 valence electrons. The van der Waals surface area contributed by atoms with Crippen LogP contribution in [0.25, 0.3) is 5.57 Å². The molecular formula is C10H11N3O. The molecule has 0 amide bonds. The molecule has 0 aliphatic carbocycles. The summed E-state index contributed by atoms with van der Waals surface area (Å²) in [6, 6.07) is 0. The highest BCUT2D eigenvalue weighted by atomic mass is 16.5. The highest BCUT2D eigenvalue weighted by Crippen LogP contribution is 2.17. The number of rotatable bonds is 2. The van der Waals surface area contributed by atoms with Gasteiger partial charge in [0.05, 0.1) is 6.54 Å². The maximum absolute atomic E-state index is 5.39. The van der Waals surface area contributed by atoms with Gasteiger partial charge in [0.1, 0.15) is 12.9 Å². The van der Waals surface area contributed by atoms with E-state index in [9.17, 15) is 0 Å². The van der Waals surface area contributed by atoms with Crippen molar-refractivity contribution in [3.63, 3.8) is 0 Å². The molecule has 0 saturated carbocycles. The Morgan fingerprint density at radius 2 is 2.21 bits per heavy atom. The summed E-state index contributed by atoms with van der Waals surface area (Å²) < 4.78 is 5.39. The van der Waals surface area contributed by atoms with Crippen LogP contribution in [0, 0.1) is 0 Å². The van der Waals surface area contributed by atoms with Crippen molar-refractivity contribution in [2.75, 3.05) is 13.2 Å². The number of aliphatic imine (C=N–C) groups is 1. The van der Waals surface area contributed by atoms with Gasteiger partial charge in [-0.1, -0.05) is 6.08 Å². The fraction of sp³-hybridized carbons (Fsp3) is 0.300. The Morgan fingerprint density at radius 3 is 2.79 bits per heavy atom. The molecule has 2 heterocycles. The van der Waals surface area contributed by atoms with E-state index in [0.717, 1.165) is 17.7 Å². The summed E-state index contributed by atoms with van der Waals surface area (Å²) in [6.07, 6.45) is 6.98. The van der Waals surface area contributed by atoms with Crippen molar-refractivity contribution >= 4 is 11.5 Å². The van der Waals surface area contributed by atoms with Gasteiger partial charge in [0.2, 0.25) is 5.90 Å². The lowest BCUT2D eigenvalue weighted by Gasteiger charge is -2.05. The van der Waals surface area contributed by atoms with Crippen molar-refractivity contribution in [2.45, 2.75) is 6.92 Å². The van der Waals surface area contributed by atoms with Crippen LogP contribution in [0.1, 0.15) is 12.5 Å². The van der Waals surface area contributed by atoms with E-state index in [2.05, 4.69) is 15.0 Å². The molecule has 1 aliphatic heterocycles. The number of allylic oxidation sites excluding steroid dienone is 1. The standard InChI is InChI=1S/C10H11N3O/c1-2-9(10-13-3-4-14-10)8-5-11-7-12-6-8/h2,5-7H,3-4H2,1H3/b9-2+. The Bertz CT molecular complexity index is 370. The van der Waals surface area contributed by atoms with Crippen LogP contribution in [0.4, 0.5) is 0 Å². The fourth-order valence-electron chi connectivity index (χ4n) is 1.35. The van der Waals surface area contributed by atoms with Gasteiger partial charge >= 0.3 is 0 Å². The van der Waals surface area contributed by atoms with Crippen molar-refractivity contribution in [1.82, 2.24) is 9.97 Å². The molecule has 0 atom stereocenters. The van der Waals surface area contributed by atoms with Crippen LogP contribution in [0.3, 0.4) is 0 Å². The number of hydrogen-bond donors (Lipinski definition) is 0. The summed E-state index contributed by atoms with van der Waals surface area (Å²) in [5, 5.41) is 0. The van der Waals surface area contributed by atoms with E-state index in [-0.39, 0.29) is 0 Å². The second-order valence-electron chi connectivity index (χ2n) is 2.86. The highest BCUT2D eigenvalue weighted by Gasteiger charge is 2.14. The van der Waals surface area contributed by atoms with Gasteiger partial charge in [0.25, 0.3) is 0 Å². The van der Waals surface area contributed by atoms with E-state index >= 15 is 0 Å². The first-order valence-electron chi connectivity index (χ1n) is 4.51. The predicted molar refractivity (Wildman–Crippen MR) is 53.9 cm³/mol. The fourth-order valence-corrected chi connectivity index (χ4v) is 1.35. The lowest BCUT2D eigenvalue weighted by molar-refractivity contribution is 0.351. The highest BCUT2D eigenvalue weighted by molar-refractivity contribution is 6.19. The number of ether oxygens (including phenoxy) is 1. The minimum atomic E-state index is 0.667. The molecule has 0 N–H and O–H groups in total. The molecule has 0 radical (unpaired) electrons. The van der Waals surface area contributed by atoms with Gasteiger partial charge in [0, 0.05) is 23.5 Å². The minimum absolute atomic E-state index is 0.667. The Morgan fingerprint density at radius 1 is 1.43 bits per heavy atom. The molecule has 4 heteroatoms. The van der Waals surface area contributed by atoms with Crippen LogP contribution >= 0.6 is 0 Å². The van der Waals surface area contributed by atoms with Gasteiger partial charge in [-0.3, -0.25) is 0 Å². The van der Waals surface area contributed by atoms with E-state index in [1.165, 1.54) is 6.33 Å². The molecule has 14 heavy (non-hydrogen) atoms. The first kappa shape index (κ1) is 8.87. The van der Waals surface area contributed by atoms with Crippen LogP contribution in [0.5, 0.6) is 0 Å². The van der Waals surface area contributed by atoms with Crippen LogP contribution in [-0.4, -0.2) is 29.0 Å². The smallest absolute Gasteiger partial charge is 0.216 e.